The molecule has 5 heteroatoms. The molecular weight excluding hydrogens is 210 g/mol. The first-order valence-corrected chi connectivity index (χ1v) is 4.66. The van der Waals surface area contributed by atoms with Crippen molar-refractivity contribution in [3.63, 3.8) is 0 Å². The molecule has 0 bridgehead atoms. The molecule has 0 fully saturated rings. The number of rotatable bonds is 4. The SMILES string of the molecule is C[C@](N)(Cc1ccc(O)c(C=O)c1)C(=O)O. The first-order chi connectivity index (χ1) is 7.36. The van der Waals surface area contributed by atoms with Crippen LogP contribution < -0.4 is 5.73 Å². The molecule has 1 atom stereocenters. The quantitative estimate of drug-likeness (QED) is 0.647. The molecule has 0 saturated carbocycles. The van der Waals surface area contributed by atoms with Gasteiger partial charge in [0.2, 0.25) is 0 Å². The maximum absolute atomic E-state index is 10.8. The van der Waals surface area contributed by atoms with Crippen LogP contribution in [0, 0.1) is 0 Å². The van der Waals surface area contributed by atoms with Gasteiger partial charge in [0.25, 0.3) is 0 Å². The topological polar surface area (TPSA) is 101 Å². The van der Waals surface area contributed by atoms with Crippen LogP contribution in [0.3, 0.4) is 0 Å². The first kappa shape index (κ1) is 12.2. The number of benzene rings is 1. The van der Waals surface area contributed by atoms with Gasteiger partial charge in [-0.1, -0.05) is 6.07 Å². The molecule has 1 rings (SSSR count). The molecule has 0 aliphatic carbocycles. The minimum absolute atomic E-state index is 0.0868. The van der Waals surface area contributed by atoms with Gasteiger partial charge in [0, 0.05) is 6.42 Å². The maximum atomic E-state index is 10.8. The van der Waals surface area contributed by atoms with E-state index in [1.807, 2.05) is 0 Å². The number of carbonyl (C=O) groups is 2. The lowest BCUT2D eigenvalue weighted by Gasteiger charge is -2.19. The first-order valence-electron chi connectivity index (χ1n) is 4.66. The van der Waals surface area contributed by atoms with Crippen molar-refractivity contribution in [2.45, 2.75) is 18.9 Å². The Morgan fingerprint density at radius 2 is 2.19 bits per heavy atom. The minimum Gasteiger partial charge on any atom is -0.507 e. The molecule has 0 unspecified atom stereocenters. The number of hydrogen-bond donors (Lipinski definition) is 3. The van der Waals surface area contributed by atoms with Gasteiger partial charge >= 0.3 is 5.97 Å². The average Bonchev–Trinajstić information content (AvgIpc) is 2.20. The summed E-state index contributed by atoms with van der Waals surface area (Å²) in [5.41, 5.74) is 4.89. The van der Waals surface area contributed by atoms with E-state index in [1.165, 1.54) is 25.1 Å². The van der Waals surface area contributed by atoms with Gasteiger partial charge in [-0.2, -0.15) is 0 Å². The molecule has 0 spiro atoms. The second-order valence-electron chi connectivity index (χ2n) is 3.91. The van der Waals surface area contributed by atoms with E-state index in [4.69, 9.17) is 10.8 Å². The van der Waals surface area contributed by atoms with Crippen molar-refractivity contribution in [1.29, 1.82) is 0 Å². The summed E-state index contributed by atoms with van der Waals surface area (Å²) in [6, 6.07) is 4.31. The highest BCUT2D eigenvalue weighted by Crippen LogP contribution is 2.19. The second kappa shape index (κ2) is 4.32. The van der Waals surface area contributed by atoms with Gasteiger partial charge in [-0.25, -0.2) is 0 Å². The van der Waals surface area contributed by atoms with Crippen LogP contribution in [0.1, 0.15) is 22.8 Å². The summed E-state index contributed by atoms with van der Waals surface area (Å²) < 4.78 is 0. The van der Waals surface area contributed by atoms with Gasteiger partial charge in [-0.05, 0) is 24.6 Å². The summed E-state index contributed by atoms with van der Waals surface area (Å²) in [6.07, 6.45) is 0.594. The number of aliphatic carboxylic acids is 1. The molecule has 16 heavy (non-hydrogen) atoms. The molecule has 0 radical (unpaired) electrons. The van der Waals surface area contributed by atoms with E-state index in [0.29, 0.717) is 11.8 Å². The Labute approximate surface area is 92.5 Å². The van der Waals surface area contributed by atoms with Crippen molar-refractivity contribution < 1.29 is 19.8 Å². The van der Waals surface area contributed by atoms with E-state index < -0.39 is 11.5 Å². The smallest absolute Gasteiger partial charge is 0.323 e. The van der Waals surface area contributed by atoms with Gasteiger partial charge in [0.15, 0.2) is 6.29 Å². The molecule has 86 valence electrons. The molecular formula is C11H13NO4. The number of hydrogen-bond acceptors (Lipinski definition) is 4. The highest BCUT2D eigenvalue weighted by atomic mass is 16.4. The van der Waals surface area contributed by atoms with Crippen LogP contribution in [-0.2, 0) is 11.2 Å². The van der Waals surface area contributed by atoms with Crippen molar-refractivity contribution >= 4 is 12.3 Å². The Hall–Kier alpha value is -1.88. The Kier molecular flexibility index (Phi) is 3.29. The van der Waals surface area contributed by atoms with E-state index >= 15 is 0 Å². The fraction of sp³-hybridized carbons (Fsp3) is 0.273. The number of aldehydes is 1. The normalized spacial score (nSPS) is 14.1. The molecule has 0 saturated heterocycles. The molecule has 0 aromatic heterocycles. The summed E-state index contributed by atoms with van der Waals surface area (Å²) in [7, 11) is 0. The Morgan fingerprint density at radius 1 is 1.56 bits per heavy atom. The fourth-order valence-electron chi connectivity index (χ4n) is 1.31. The van der Waals surface area contributed by atoms with E-state index in [-0.39, 0.29) is 17.7 Å². The zero-order valence-corrected chi connectivity index (χ0v) is 8.80. The van der Waals surface area contributed by atoms with Crippen LogP contribution in [0.15, 0.2) is 18.2 Å². The van der Waals surface area contributed by atoms with Gasteiger partial charge in [-0.3, -0.25) is 9.59 Å². The average molecular weight is 223 g/mol. The zero-order valence-electron chi connectivity index (χ0n) is 8.80. The number of nitrogens with two attached hydrogens (primary N) is 1. The molecule has 0 aliphatic rings. The van der Waals surface area contributed by atoms with E-state index in [0.717, 1.165) is 0 Å². The van der Waals surface area contributed by atoms with E-state index in [2.05, 4.69) is 0 Å². The largest absolute Gasteiger partial charge is 0.507 e. The number of carbonyl (C=O) groups excluding carboxylic acids is 1. The van der Waals surface area contributed by atoms with Crippen LogP contribution in [0.25, 0.3) is 0 Å². The molecule has 4 N–H and O–H groups in total. The number of phenols is 1. The van der Waals surface area contributed by atoms with Crippen LogP contribution in [-0.4, -0.2) is 28.0 Å². The highest BCUT2D eigenvalue weighted by molar-refractivity contribution is 5.80. The molecule has 0 aliphatic heterocycles. The van der Waals surface area contributed by atoms with Crippen molar-refractivity contribution in [1.82, 2.24) is 0 Å². The van der Waals surface area contributed by atoms with Gasteiger partial charge in [0.05, 0.1) is 5.56 Å². The van der Waals surface area contributed by atoms with E-state index in [1.54, 1.807) is 0 Å². The number of carboxylic acids is 1. The summed E-state index contributed by atoms with van der Waals surface area (Å²) >= 11 is 0. The standard InChI is InChI=1S/C11H13NO4/c1-11(12,10(15)16)5-7-2-3-9(14)8(4-7)6-13/h2-4,6,14H,5,12H2,1H3,(H,15,16)/t11-/m0/s1. The maximum Gasteiger partial charge on any atom is 0.323 e. The third-order valence-corrected chi connectivity index (χ3v) is 2.28. The Balaban J connectivity index is 2.99. The lowest BCUT2D eigenvalue weighted by Crippen LogP contribution is -2.46. The molecule has 0 amide bonds. The third kappa shape index (κ3) is 2.58. The fourth-order valence-corrected chi connectivity index (χ4v) is 1.31. The van der Waals surface area contributed by atoms with E-state index in [9.17, 15) is 14.7 Å². The minimum atomic E-state index is -1.39. The lowest BCUT2D eigenvalue weighted by atomic mass is 9.93. The molecule has 1 aromatic carbocycles. The third-order valence-electron chi connectivity index (χ3n) is 2.28. The van der Waals surface area contributed by atoms with Crippen molar-refractivity contribution in [3.8, 4) is 5.75 Å². The van der Waals surface area contributed by atoms with Crippen LogP contribution in [0.4, 0.5) is 0 Å². The second-order valence-corrected chi connectivity index (χ2v) is 3.91. The summed E-state index contributed by atoms with van der Waals surface area (Å²) in [5, 5.41) is 18.1. The predicted molar refractivity (Wildman–Crippen MR) is 57.4 cm³/mol. The number of carboxylic acid groups (broad SMARTS) is 1. The summed E-state index contributed by atoms with van der Waals surface area (Å²) in [6.45, 7) is 1.39. The molecule has 5 nitrogen and oxygen atoms in total. The van der Waals surface area contributed by atoms with Crippen molar-refractivity contribution in [3.05, 3.63) is 29.3 Å². The van der Waals surface area contributed by atoms with Crippen molar-refractivity contribution in [2.24, 2.45) is 5.73 Å². The van der Waals surface area contributed by atoms with Crippen LogP contribution in [0.2, 0.25) is 0 Å². The predicted octanol–water partition coefficient (Wildman–Crippen LogP) is 0.549. The molecule has 1 aromatic rings. The van der Waals surface area contributed by atoms with Gasteiger partial charge in [0.1, 0.15) is 11.3 Å². The van der Waals surface area contributed by atoms with Crippen LogP contribution in [0.5, 0.6) is 5.75 Å². The highest BCUT2D eigenvalue weighted by Gasteiger charge is 2.28. The Morgan fingerprint density at radius 3 is 2.69 bits per heavy atom. The Bertz CT molecular complexity index is 426. The monoisotopic (exact) mass is 223 g/mol. The van der Waals surface area contributed by atoms with Gasteiger partial charge in [-0.15, -0.1) is 0 Å². The van der Waals surface area contributed by atoms with Crippen molar-refractivity contribution in [2.75, 3.05) is 0 Å². The number of aromatic hydroxyl groups is 1. The summed E-state index contributed by atoms with van der Waals surface area (Å²) in [4.78, 5) is 21.4. The number of phenolic OH excluding ortho intramolecular Hbond substituents is 1. The summed E-state index contributed by atoms with van der Waals surface area (Å²) in [5.74, 6) is -1.25. The zero-order chi connectivity index (χ0) is 12.3. The molecule has 0 heterocycles. The lowest BCUT2D eigenvalue weighted by molar-refractivity contribution is -0.142. The van der Waals surface area contributed by atoms with Crippen LogP contribution >= 0.6 is 0 Å². The van der Waals surface area contributed by atoms with Gasteiger partial charge < -0.3 is 15.9 Å².